The number of H-pyrrole nitrogens is 2. The predicted octanol–water partition coefficient (Wildman–Crippen LogP) is 2.33. The van der Waals surface area contributed by atoms with Crippen LogP contribution in [0.2, 0.25) is 0 Å². The van der Waals surface area contributed by atoms with Crippen LogP contribution in [0.1, 0.15) is 35.7 Å². The molecule has 0 unspecified atom stereocenters. The van der Waals surface area contributed by atoms with Crippen molar-refractivity contribution >= 4 is 11.0 Å². The number of alkyl halides is 1. The van der Waals surface area contributed by atoms with Crippen molar-refractivity contribution in [3.63, 3.8) is 0 Å². The molecule has 1 fully saturated rings. The molecule has 1 aliphatic carbocycles. The number of nitrogens with one attached hydrogen (secondary N) is 2. The summed E-state index contributed by atoms with van der Waals surface area (Å²) in [6.45, 7) is 0.741. The van der Waals surface area contributed by atoms with Crippen molar-refractivity contribution in [1.82, 2.24) is 19.7 Å². The minimum absolute atomic E-state index is 0.0281. The zero-order valence-electron chi connectivity index (χ0n) is 13.5. The first-order valence-electron chi connectivity index (χ1n) is 8.05. The largest absolute Gasteiger partial charge is 0.327 e. The van der Waals surface area contributed by atoms with E-state index >= 15 is 0 Å². The second-order valence-electron chi connectivity index (χ2n) is 6.45. The number of hydrogen-bond donors (Lipinski definition) is 2. The van der Waals surface area contributed by atoms with Gasteiger partial charge in [-0.15, -0.1) is 0 Å². The van der Waals surface area contributed by atoms with E-state index in [0.29, 0.717) is 11.1 Å². The van der Waals surface area contributed by atoms with E-state index in [1.165, 1.54) is 10.7 Å². The quantitative estimate of drug-likeness (QED) is 0.760. The van der Waals surface area contributed by atoms with Crippen LogP contribution >= 0.6 is 0 Å². The average molecular weight is 346 g/mol. The summed E-state index contributed by atoms with van der Waals surface area (Å²) in [7, 11) is 0. The Hall–Kier alpha value is -2.77. The molecule has 0 amide bonds. The zero-order valence-corrected chi connectivity index (χ0v) is 13.5. The second kappa shape index (κ2) is 5.65. The van der Waals surface area contributed by atoms with E-state index in [9.17, 15) is 18.4 Å². The maximum Gasteiger partial charge on any atom is 0.327 e. The van der Waals surface area contributed by atoms with Crippen LogP contribution in [0.5, 0.6) is 0 Å². The van der Waals surface area contributed by atoms with E-state index in [-0.39, 0.29) is 34.5 Å². The molecule has 1 atom stereocenters. The molecule has 1 aromatic carbocycles. The molecule has 1 aliphatic rings. The molecule has 2 N–H and O–H groups in total. The van der Waals surface area contributed by atoms with Crippen LogP contribution in [-0.2, 0) is 6.67 Å². The normalized spacial score (nSPS) is 15.6. The van der Waals surface area contributed by atoms with Crippen LogP contribution in [0.3, 0.4) is 0 Å². The standard InChI is InChI=1S/C17H16F2N4O2/c1-8-2-3-10(6-11(8)19)14(9-4-5-9)23-15-13(12(7-18)22-23)16(24)21-17(25)20-15/h2-3,6,9,14H,4-5,7H2,1H3,(H2,20,21,24,25)/t14-/m0/s1. The summed E-state index contributed by atoms with van der Waals surface area (Å²) >= 11 is 0. The topological polar surface area (TPSA) is 83.5 Å². The Morgan fingerprint density at radius 2 is 2.08 bits per heavy atom. The molecule has 25 heavy (non-hydrogen) atoms. The van der Waals surface area contributed by atoms with Crippen LogP contribution in [0.25, 0.3) is 11.0 Å². The van der Waals surface area contributed by atoms with Crippen LogP contribution in [0, 0.1) is 18.7 Å². The summed E-state index contributed by atoms with van der Waals surface area (Å²) in [6.07, 6.45) is 1.83. The first-order chi connectivity index (χ1) is 12.0. The van der Waals surface area contributed by atoms with Crippen molar-refractivity contribution in [2.45, 2.75) is 32.5 Å². The summed E-state index contributed by atoms with van der Waals surface area (Å²) in [6, 6.07) is 4.55. The van der Waals surface area contributed by atoms with Gasteiger partial charge in [-0.2, -0.15) is 5.10 Å². The first kappa shape index (κ1) is 15.7. The number of nitrogens with zero attached hydrogens (tertiary/aromatic N) is 2. The van der Waals surface area contributed by atoms with Gasteiger partial charge in [-0.05, 0) is 42.9 Å². The minimum atomic E-state index is -0.932. The highest BCUT2D eigenvalue weighted by atomic mass is 19.1. The van der Waals surface area contributed by atoms with Gasteiger partial charge in [0.1, 0.15) is 29.2 Å². The van der Waals surface area contributed by atoms with Crippen molar-refractivity contribution in [2.75, 3.05) is 0 Å². The predicted molar refractivity (Wildman–Crippen MR) is 87.8 cm³/mol. The molecule has 2 heterocycles. The summed E-state index contributed by atoms with van der Waals surface area (Å²) in [4.78, 5) is 28.4. The number of aryl methyl sites for hydroxylation is 1. The van der Waals surface area contributed by atoms with Gasteiger partial charge in [0.15, 0.2) is 0 Å². The fourth-order valence-corrected chi connectivity index (χ4v) is 3.26. The highest BCUT2D eigenvalue weighted by Crippen LogP contribution is 2.44. The lowest BCUT2D eigenvalue weighted by atomic mass is 10.0. The Morgan fingerprint density at radius 3 is 2.72 bits per heavy atom. The molecule has 1 saturated carbocycles. The van der Waals surface area contributed by atoms with Crippen LogP contribution in [-0.4, -0.2) is 19.7 Å². The smallest absolute Gasteiger partial charge is 0.291 e. The molecule has 0 saturated heterocycles. The van der Waals surface area contributed by atoms with E-state index in [1.807, 2.05) is 0 Å². The zero-order chi connectivity index (χ0) is 17.7. The van der Waals surface area contributed by atoms with Gasteiger partial charge in [0.25, 0.3) is 5.56 Å². The number of hydrogen-bond acceptors (Lipinski definition) is 3. The van der Waals surface area contributed by atoms with Gasteiger partial charge < -0.3 is 0 Å². The van der Waals surface area contributed by atoms with Crippen molar-refractivity contribution in [1.29, 1.82) is 0 Å². The van der Waals surface area contributed by atoms with E-state index in [2.05, 4.69) is 15.1 Å². The third-order valence-electron chi connectivity index (χ3n) is 4.66. The maximum atomic E-state index is 14.1. The number of aromatic amines is 2. The van der Waals surface area contributed by atoms with Gasteiger partial charge in [0.2, 0.25) is 0 Å². The van der Waals surface area contributed by atoms with E-state index in [0.717, 1.165) is 12.8 Å². The van der Waals surface area contributed by atoms with Crippen LogP contribution in [0.15, 0.2) is 27.8 Å². The Morgan fingerprint density at radius 1 is 1.32 bits per heavy atom. The molecule has 6 nitrogen and oxygen atoms in total. The van der Waals surface area contributed by atoms with Crippen LogP contribution in [0.4, 0.5) is 8.78 Å². The van der Waals surface area contributed by atoms with Gasteiger partial charge in [-0.1, -0.05) is 12.1 Å². The highest BCUT2D eigenvalue weighted by molar-refractivity contribution is 5.77. The molecular formula is C17H16F2N4O2. The molecule has 8 heteroatoms. The Labute approximate surface area is 140 Å². The van der Waals surface area contributed by atoms with E-state index in [4.69, 9.17) is 0 Å². The molecule has 0 spiro atoms. The van der Waals surface area contributed by atoms with Gasteiger partial charge in [0, 0.05) is 0 Å². The molecular weight excluding hydrogens is 330 g/mol. The highest BCUT2D eigenvalue weighted by Gasteiger charge is 2.36. The third kappa shape index (κ3) is 2.57. The lowest BCUT2D eigenvalue weighted by Crippen LogP contribution is -2.24. The summed E-state index contributed by atoms with van der Waals surface area (Å²) in [5.74, 6) is -0.142. The number of aromatic nitrogens is 4. The molecule has 4 rings (SSSR count). The number of halogens is 2. The van der Waals surface area contributed by atoms with E-state index in [1.54, 1.807) is 19.1 Å². The SMILES string of the molecule is Cc1ccc([C@H](C2CC2)n2nc(CF)c3c(=O)[nH]c(=O)[nH]c32)cc1F. The van der Waals surface area contributed by atoms with Crippen molar-refractivity contribution in [2.24, 2.45) is 5.92 Å². The fourth-order valence-electron chi connectivity index (χ4n) is 3.26. The van der Waals surface area contributed by atoms with Gasteiger partial charge in [0.05, 0.1) is 6.04 Å². The molecule has 0 radical (unpaired) electrons. The number of rotatable bonds is 4. The average Bonchev–Trinajstić information content (AvgIpc) is 3.33. The van der Waals surface area contributed by atoms with Gasteiger partial charge >= 0.3 is 5.69 Å². The van der Waals surface area contributed by atoms with Crippen molar-refractivity contribution in [3.8, 4) is 0 Å². The van der Waals surface area contributed by atoms with Crippen molar-refractivity contribution in [3.05, 3.63) is 61.7 Å². The number of fused-ring (bicyclic) bond motifs is 1. The first-order valence-corrected chi connectivity index (χ1v) is 8.05. The Balaban J connectivity index is 1.98. The summed E-state index contributed by atoms with van der Waals surface area (Å²) < 4.78 is 28.9. The monoisotopic (exact) mass is 346 g/mol. The fraction of sp³-hybridized carbons (Fsp3) is 0.353. The van der Waals surface area contributed by atoms with Gasteiger partial charge in [-0.3, -0.25) is 14.8 Å². The lowest BCUT2D eigenvalue weighted by molar-refractivity contribution is 0.443. The Bertz CT molecular complexity index is 1080. The van der Waals surface area contributed by atoms with Crippen LogP contribution < -0.4 is 11.2 Å². The molecule has 130 valence electrons. The second-order valence-corrected chi connectivity index (χ2v) is 6.45. The molecule has 0 aliphatic heterocycles. The third-order valence-corrected chi connectivity index (χ3v) is 4.66. The molecule has 3 aromatic rings. The van der Waals surface area contributed by atoms with E-state index < -0.39 is 17.9 Å². The number of benzene rings is 1. The molecule has 0 bridgehead atoms. The minimum Gasteiger partial charge on any atom is -0.291 e. The maximum absolute atomic E-state index is 14.1. The Kier molecular flexibility index (Phi) is 3.55. The molecule has 2 aromatic heterocycles. The van der Waals surface area contributed by atoms with Gasteiger partial charge in [-0.25, -0.2) is 18.3 Å². The lowest BCUT2D eigenvalue weighted by Gasteiger charge is -2.19. The summed E-state index contributed by atoms with van der Waals surface area (Å²) in [5, 5.41) is 4.26. The van der Waals surface area contributed by atoms with Crippen molar-refractivity contribution < 1.29 is 8.78 Å². The summed E-state index contributed by atoms with van der Waals surface area (Å²) in [5.41, 5.74) is -0.0274.